The Balaban J connectivity index is 1.62. The fourth-order valence-electron chi connectivity index (χ4n) is 3.23. The Bertz CT molecular complexity index is 734. The molecular formula is C20H24FN3O. The van der Waals surface area contributed by atoms with Gasteiger partial charge in [-0.3, -0.25) is 4.79 Å². The number of nitrogens with one attached hydrogen (secondary N) is 2. The van der Waals surface area contributed by atoms with E-state index in [0.717, 1.165) is 23.4 Å². The summed E-state index contributed by atoms with van der Waals surface area (Å²) >= 11 is 0. The van der Waals surface area contributed by atoms with Gasteiger partial charge >= 0.3 is 0 Å². The van der Waals surface area contributed by atoms with Gasteiger partial charge in [0, 0.05) is 38.3 Å². The van der Waals surface area contributed by atoms with E-state index in [0.29, 0.717) is 26.1 Å². The van der Waals surface area contributed by atoms with E-state index in [1.54, 1.807) is 6.07 Å². The molecule has 0 radical (unpaired) electrons. The second-order valence-corrected chi connectivity index (χ2v) is 6.35. The number of para-hydroxylation sites is 1. The van der Waals surface area contributed by atoms with Crippen molar-refractivity contribution in [3.63, 3.8) is 0 Å². The monoisotopic (exact) mass is 341 g/mol. The first-order chi connectivity index (χ1) is 12.1. The summed E-state index contributed by atoms with van der Waals surface area (Å²) in [5.41, 5.74) is 3.06. The van der Waals surface area contributed by atoms with Crippen LogP contribution in [0.1, 0.15) is 23.6 Å². The van der Waals surface area contributed by atoms with Crippen LogP contribution in [0.15, 0.2) is 48.5 Å². The normalized spacial score (nSPS) is 17.4. The van der Waals surface area contributed by atoms with Crippen LogP contribution < -0.4 is 10.6 Å². The Kier molecular flexibility index (Phi) is 5.66. The number of halogens is 1. The number of nitrogens with zero attached hydrogens (tertiary/aromatic N) is 1. The lowest BCUT2D eigenvalue weighted by Crippen LogP contribution is -2.49. The minimum Gasteiger partial charge on any atom is -0.384 e. The Morgan fingerprint density at radius 1 is 1.28 bits per heavy atom. The van der Waals surface area contributed by atoms with Crippen molar-refractivity contribution in [3.8, 4) is 0 Å². The highest BCUT2D eigenvalue weighted by molar-refractivity contribution is 5.77. The van der Waals surface area contributed by atoms with Gasteiger partial charge in [0.15, 0.2) is 0 Å². The quantitative estimate of drug-likeness (QED) is 0.878. The molecule has 2 N–H and O–H groups in total. The summed E-state index contributed by atoms with van der Waals surface area (Å²) in [5.74, 6) is -0.173. The zero-order valence-electron chi connectivity index (χ0n) is 14.5. The number of benzene rings is 2. The lowest BCUT2D eigenvalue weighted by atomic mass is 10.0. The van der Waals surface area contributed by atoms with Gasteiger partial charge in [-0.05, 0) is 36.2 Å². The molecule has 25 heavy (non-hydrogen) atoms. The molecule has 5 heteroatoms. The van der Waals surface area contributed by atoms with E-state index in [1.807, 2.05) is 42.2 Å². The molecule has 1 unspecified atom stereocenters. The molecule has 4 nitrogen and oxygen atoms in total. The topological polar surface area (TPSA) is 44.4 Å². The fourth-order valence-corrected chi connectivity index (χ4v) is 3.23. The van der Waals surface area contributed by atoms with E-state index < -0.39 is 0 Å². The van der Waals surface area contributed by atoms with Gasteiger partial charge < -0.3 is 15.5 Å². The van der Waals surface area contributed by atoms with Crippen LogP contribution in [0.25, 0.3) is 0 Å². The van der Waals surface area contributed by atoms with Crippen LogP contribution >= 0.6 is 0 Å². The van der Waals surface area contributed by atoms with Crippen molar-refractivity contribution in [2.75, 3.05) is 31.5 Å². The Labute approximate surface area is 148 Å². The number of carbonyl (C=O) groups excluding carboxylic acids is 1. The van der Waals surface area contributed by atoms with Crippen molar-refractivity contribution < 1.29 is 9.18 Å². The van der Waals surface area contributed by atoms with Gasteiger partial charge in [-0.25, -0.2) is 4.39 Å². The van der Waals surface area contributed by atoms with Gasteiger partial charge in [0.2, 0.25) is 5.91 Å². The van der Waals surface area contributed by atoms with Crippen LogP contribution in [0.3, 0.4) is 0 Å². The molecule has 0 spiro atoms. The number of anilines is 1. The first kappa shape index (κ1) is 17.4. The molecule has 132 valence electrons. The highest BCUT2D eigenvalue weighted by Gasteiger charge is 2.27. The van der Waals surface area contributed by atoms with Gasteiger partial charge in [-0.1, -0.05) is 30.3 Å². The number of amides is 1. The maximum atomic E-state index is 13.5. The van der Waals surface area contributed by atoms with E-state index in [-0.39, 0.29) is 17.8 Å². The van der Waals surface area contributed by atoms with Crippen LogP contribution in [0.4, 0.5) is 10.1 Å². The predicted octanol–water partition coefficient (Wildman–Crippen LogP) is 3.11. The molecule has 1 amide bonds. The zero-order chi connectivity index (χ0) is 17.6. The number of carbonyl (C=O) groups is 1. The minimum absolute atomic E-state index is 0.0943. The third-order valence-electron chi connectivity index (χ3n) is 4.60. The standard InChI is InChI=1S/C20H24FN3O/c1-15-5-2-3-8-18(15)23-10-9-20(25)24-12-11-22-14-19(24)16-6-4-7-17(21)13-16/h2-8,13,19,22-23H,9-12,14H2,1H3. The molecule has 1 heterocycles. The van der Waals surface area contributed by atoms with E-state index in [1.165, 1.54) is 12.1 Å². The average Bonchev–Trinajstić information content (AvgIpc) is 2.63. The summed E-state index contributed by atoms with van der Waals surface area (Å²) in [5, 5.41) is 6.62. The van der Waals surface area contributed by atoms with E-state index in [2.05, 4.69) is 10.6 Å². The third-order valence-corrected chi connectivity index (χ3v) is 4.60. The van der Waals surface area contributed by atoms with Crippen LogP contribution in [0.2, 0.25) is 0 Å². The third kappa shape index (κ3) is 4.37. The maximum absolute atomic E-state index is 13.5. The summed E-state index contributed by atoms with van der Waals surface area (Å²) < 4.78 is 13.5. The van der Waals surface area contributed by atoms with E-state index >= 15 is 0 Å². The summed E-state index contributed by atoms with van der Waals surface area (Å²) in [6, 6.07) is 14.4. The van der Waals surface area contributed by atoms with Gasteiger partial charge in [-0.2, -0.15) is 0 Å². The lowest BCUT2D eigenvalue weighted by molar-refractivity contribution is -0.134. The molecule has 0 aromatic heterocycles. The molecular weight excluding hydrogens is 317 g/mol. The van der Waals surface area contributed by atoms with Crippen molar-refractivity contribution in [2.24, 2.45) is 0 Å². The number of aryl methyl sites for hydroxylation is 1. The smallest absolute Gasteiger partial charge is 0.224 e. The molecule has 2 aromatic carbocycles. The highest BCUT2D eigenvalue weighted by Crippen LogP contribution is 2.23. The second kappa shape index (κ2) is 8.12. The van der Waals surface area contributed by atoms with Crippen LogP contribution in [-0.2, 0) is 4.79 Å². The van der Waals surface area contributed by atoms with Crippen LogP contribution in [0.5, 0.6) is 0 Å². The molecule has 3 rings (SSSR count). The van der Waals surface area contributed by atoms with Crippen LogP contribution in [0, 0.1) is 12.7 Å². The number of rotatable bonds is 5. The average molecular weight is 341 g/mol. The molecule has 1 aliphatic heterocycles. The number of hydrogen-bond acceptors (Lipinski definition) is 3. The van der Waals surface area contributed by atoms with Crippen LogP contribution in [-0.4, -0.2) is 37.0 Å². The van der Waals surface area contributed by atoms with Crippen molar-refractivity contribution in [2.45, 2.75) is 19.4 Å². The van der Waals surface area contributed by atoms with E-state index in [4.69, 9.17) is 0 Å². The molecule has 1 aliphatic rings. The molecule has 2 aromatic rings. The lowest BCUT2D eigenvalue weighted by Gasteiger charge is -2.36. The minimum atomic E-state index is -0.267. The molecule has 1 saturated heterocycles. The van der Waals surface area contributed by atoms with E-state index in [9.17, 15) is 9.18 Å². The van der Waals surface area contributed by atoms with Gasteiger partial charge in [0.05, 0.1) is 6.04 Å². The maximum Gasteiger partial charge on any atom is 0.224 e. The SMILES string of the molecule is Cc1ccccc1NCCC(=O)N1CCNCC1c1cccc(F)c1. The molecule has 0 bridgehead atoms. The Morgan fingerprint density at radius 2 is 2.12 bits per heavy atom. The zero-order valence-corrected chi connectivity index (χ0v) is 14.5. The summed E-state index contributed by atoms with van der Waals surface area (Å²) in [4.78, 5) is 14.6. The van der Waals surface area contributed by atoms with Crippen molar-refractivity contribution in [1.29, 1.82) is 0 Å². The fraction of sp³-hybridized carbons (Fsp3) is 0.350. The van der Waals surface area contributed by atoms with Crippen molar-refractivity contribution >= 4 is 11.6 Å². The Hall–Kier alpha value is -2.40. The second-order valence-electron chi connectivity index (χ2n) is 6.35. The summed E-state index contributed by atoms with van der Waals surface area (Å²) in [6.45, 7) is 4.69. The summed E-state index contributed by atoms with van der Waals surface area (Å²) in [6.07, 6.45) is 0.417. The van der Waals surface area contributed by atoms with Gasteiger partial charge in [0.1, 0.15) is 5.82 Å². The molecule has 0 saturated carbocycles. The van der Waals surface area contributed by atoms with Gasteiger partial charge in [-0.15, -0.1) is 0 Å². The predicted molar refractivity (Wildman–Crippen MR) is 98.0 cm³/mol. The first-order valence-electron chi connectivity index (χ1n) is 8.70. The van der Waals surface area contributed by atoms with Gasteiger partial charge in [0.25, 0.3) is 0 Å². The number of piperazine rings is 1. The molecule has 1 fully saturated rings. The summed E-state index contributed by atoms with van der Waals surface area (Å²) in [7, 11) is 0. The first-order valence-corrected chi connectivity index (χ1v) is 8.70. The molecule has 1 atom stereocenters. The highest BCUT2D eigenvalue weighted by atomic mass is 19.1. The Morgan fingerprint density at radius 3 is 2.92 bits per heavy atom. The molecule has 0 aliphatic carbocycles. The van der Waals surface area contributed by atoms with Crippen molar-refractivity contribution in [3.05, 3.63) is 65.5 Å². The number of hydrogen-bond donors (Lipinski definition) is 2. The largest absolute Gasteiger partial charge is 0.384 e. The van der Waals surface area contributed by atoms with Crippen molar-refractivity contribution in [1.82, 2.24) is 10.2 Å².